The Hall–Kier alpha value is -0.640. The van der Waals surface area contributed by atoms with Crippen LogP contribution in [0.3, 0.4) is 0 Å². The summed E-state index contributed by atoms with van der Waals surface area (Å²) in [4.78, 5) is 13.2. The Balaban J connectivity index is 0.00000982. The fourth-order valence-corrected chi connectivity index (χ4v) is 16.6. The molecule has 34 atom stereocenters. The average molecular weight is 1280 g/mol. The summed E-state index contributed by atoms with van der Waals surface area (Å²) in [6.07, 6.45) is -38.8. The molecule has 5 heterocycles. The van der Waals surface area contributed by atoms with Gasteiger partial charge in [-0.2, -0.15) is 0 Å². The molecule has 496 valence electrons. The molecule has 5 aliphatic heterocycles. The number of ether oxygens (including phenoxy) is 10. The van der Waals surface area contributed by atoms with Crippen LogP contribution in [0.5, 0.6) is 0 Å². The van der Waals surface area contributed by atoms with Crippen LogP contribution < -0.4 is 29.6 Å². The van der Waals surface area contributed by atoms with Crippen LogP contribution in [0, 0.1) is 40.4 Å². The van der Waals surface area contributed by atoms with E-state index in [9.17, 15) is 84.1 Å². The molecule has 0 aromatic rings. The molecule has 30 heteroatoms. The maximum absolute atomic E-state index is 13.2. The molecule has 3 saturated carbocycles. The molecule has 0 aromatic heterocycles. The second kappa shape index (κ2) is 28.0. The largest absolute Gasteiger partial charge is 1.00 e. The Kier molecular flexibility index (Phi) is 23.2. The van der Waals surface area contributed by atoms with Gasteiger partial charge in [-0.1, -0.05) is 39.3 Å². The predicted molar refractivity (Wildman–Crippen MR) is 288 cm³/mol. The second-order valence-electron chi connectivity index (χ2n) is 27.1. The van der Waals surface area contributed by atoms with E-state index in [0.29, 0.717) is 32.1 Å². The number of fused-ring (bicyclic) bond motifs is 5. The summed E-state index contributed by atoms with van der Waals surface area (Å²) in [7, 11) is -5.12. The predicted octanol–water partition coefficient (Wildman–Crippen LogP) is -5.63. The number of hydrogen-bond donors (Lipinski definition) is 13. The minimum atomic E-state index is -5.12. The van der Waals surface area contributed by atoms with Gasteiger partial charge in [-0.05, 0) is 120 Å². The number of ketones is 1. The first-order valence-corrected chi connectivity index (χ1v) is 31.7. The third-order valence-electron chi connectivity index (χ3n) is 20.6. The molecule has 28 nitrogen and oxygen atoms in total. The van der Waals surface area contributed by atoms with Crippen LogP contribution in [0.1, 0.15) is 120 Å². The Labute approximate surface area is 528 Å². The van der Waals surface area contributed by atoms with E-state index in [4.69, 9.17) is 51.6 Å². The fourth-order valence-electron chi connectivity index (χ4n) is 16.1. The summed E-state index contributed by atoms with van der Waals surface area (Å²) in [5.41, 5.74) is -1.27. The fraction of sp³-hybridized carbons (Fsp3) is 0.947. The van der Waals surface area contributed by atoms with Crippen molar-refractivity contribution in [3.63, 3.8) is 0 Å². The van der Waals surface area contributed by atoms with Crippen LogP contribution in [-0.4, -0.2) is 263 Å². The molecule has 9 rings (SSSR count). The zero-order valence-corrected chi connectivity index (χ0v) is 53.8. The van der Waals surface area contributed by atoms with Crippen LogP contribution in [0.15, 0.2) is 11.6 Å². The van der Waals surface area contributed by atoms with E-state index in [-0.39, 0.29) is 78.3 Å². The third kappa shape index (κ3) is 14.5. The van der Waals surface area contributed by atoms with Crippen molar-refractivity contribution < 1.29 is 165 Å². The van der Waals surface area contributed by atoms with Crippen LogP contribution in [0.25, 0.3) is 0 Å². The van der Waals surface area contributed by atoms with Gasteiger partial charge < -0.3 is 118 Å². The smallest absolute Gasteiger partial charge is 0.726 e. The summed E-state index contributed by atoms with van der Waals surface area (Å²) >= 11 is 0. The molecule has 0 spiro atoms. The van der Waals surface area contributed by atoms with Gasteiger partial charge in [-0.3, -0.25) is 8.98 Å². The van der Waals surface area contributed by atoms with Crippen molar-refractivity contribution in [2.24, 2.45) is 40.4 Å². The van der Waals surface area contributed by atoms with Crippen molar-refractivity contribution in [1.29, 1.82) is 0 Å². The normalized spacial score (nSPS) is 51.1. The summed E-state index contributed by atoms with van der Waals surface area (Å²) in [6, 6.07) is 0. The van der Waals surface area contributed by atoms with Crippen LogP contribution >= 0.6 is 0 Å². The average Bonchev–Trinajstić information content (AvgIpc) is 1.71. The molecule has 0 amide bonds. The van der Waals surface area contributed by atoms with Gasteiger partial charge in [0.15, 0.2) is 31.5 Å². The standard InChI is InChI=1S/C57H94O28S.Na/c1-21(2)16-26(59)19-57(9,71)34-11-10-29-28-18-32(31-17-27(85-86(72,73)74)12-14-55(31,7)30(28)13-15-56(29,34)8)79-50-44(69)41(66)46(25(6)78-50)81-54-49(84-52-43(68)39(64)36(61)23(4)76-52)45(70)47(33(20-58)80-54)82-53-48(40(65)37(62)24(5)77-53)83-51-42(67)38(63)35(60)22(3)75-51;/h13,21-25,27-29,31-54,58,60-71H,10-12,14-20H2,1-9H3,(H,72,73,74);/q;+1/p-1/t22-,23-,24-,25-,27+,28+,29+,31-,32+,33-,34+,35+,36-,37-,38+,39+,40+,41-,42-,43-,44-,45+,46-,47-,48-,49-,50+,51+,52+,53+,54+,55-,56+,57+;/m1./s1. The Bertz CT molecular complexity index is 2460. The number of carbonyl (C=O) groups is 1. The first-order valence-electron chi connectivity index (χ1n) is 30.3. The number of aliphatic hydroxyl groups excluding tert-OH is 12. The van der Waals surface area contributed by atoms with Crippen molar-refractivity contribution in [2.45, 2.75) is 291 Å². The molecule has 5 saturated heterocycles. The van der Waals surface area contributed by atoms with E-state index in [1.165, 1.54) is 27.7 Å². The molecule has 13 N–H and O–H groups in total. The summed E-state index contributed by atoms with van der Waals surface area (Å²) in [5, 5.41) is 146. The quantitative estimate of drug-likeness (QED) is 0.0263. The van der Waals surface area contributed by atoms with Gasteiger partial charge in [-0.15, -0.1) is 0 Å². The van der Waals surface area contributed by atoms with Gasteiger partial charge >= 0.3 is 29.6 Å². The monoisotopic (exact) mass is 1280 g/mol. The topological polar surface area (TPSA) is 439 Å². The van der Waals surface area contributed by atoms with Crippen molar-refractivity contribution in [3.05, 3.63) is 11.6 Å². The summed E-state index contributed by atoms with van der Waals surface area (Å²) in [5.74, 6) is -0.806. The van der Waals surface area contributed by atoms with Crippen LogP contribution in [0.2, 0.25) is 0 Å². The van der Waals surface area contributed by atoms with Gasteiger partial charge in [0.1, 0.15) is 103 Å². The van der Waals surface area contributed by atoms with Gasteiger partial charge in [0.05, 0.1) is 48.8 Å². The van der Waals surface area contributed by atoms with Crippen LogP contribution in [-0.2, 0) is 66.7 Å². The number of rotatable bonds is 18. The summed E-state index contributed by atoms with van der Waals surface area (Å²) in [6.45, 7) is 14.5. The molecule has 0 radical (unpaired) electrons. The number of hydrogen-bond acceptors (Lipinski definition) is 28. The van der Waals surface area contributed by atoms with E-state index in [1.54, 1.807) is 6.92 Å². The van der Waals surface area contributed by atoms with Gasteiger partial charge in [0.2, 0.25) is 10.4 Å². The molecule has 87 heavy (non-hydrogen) atoms. The number of carbonyl (C=O) groups excluding carboxylic acids is 1. The minimum absolute atomic E-state index is 0. The van der Waals surface area contributed by atoms with E-state index in [1.807, 2.05) is 13.8 Å². The molecule has 9 aliphatic rings. The Morgan fingerprint density at radius 2 is 1.11 bits per heavy atom. The zero-order chi connectivity index (χ0) is 63.2. The Morgan fingerprint density at radius 3 is 1.68 bits per heavy atom. The molecule has 8 fully saturated rings. The van der Waals surface area contributed by atoms with Crippen molar-refractivity contribution in [2.75, 3.05) is 6.61 Å². The maximum atomic E-state index is 13.2. The minimum Gasteiger partial charge on any atom is -0.726 e. The molecule has 4 aliphatic carbocycles. The van der Waals surface area contributed by atoms with Gasteiger partial charge in [-0.25, -0.2) is 8.42 Å². The summed E-state index contributed by atoms with van der Waals surface area (Å²) < 4.78 is 102. The van der Waals surface area contributed by atoms with Crippen molar-refractivity contribution in [3.8, 4) is 0 Å². The van der Waals surface area contributed by atoms with Crippen molar-refractivity contribution >= 4 is 16.2 Å². The SMILES string of the molecule is CC(C)CC(=O)C[C@](C)(O)[C@H]1CC[C@H]2[C@@H]3C[C@H](O[C@@H]4O[C@H](C)[C@@H](O[C@@H]5O[C@H](CO)[C@@H](O[C@@H]6O[C@H](C)[C@@H](O)[C@H](O)[C@H]6O[C@@H]6O[C@H](C)[C@H](O)[C@H](O)[C@H]6O)[C@H](O)[C@H]5O[C@@H]5O[C@H](C)[C@@H](O)[C@H](O)[C@H]5O)[C@H](O)[C@H]4O)[C@H]4C[C@@H](OS(=O)(=O)[O-])CC[C@]4(C)C3=CC[C@@]21C.[Na+]. The Morgan fingerprint density at radius 1 is 0.632 bits per heavy atom. The molecule has 0 unspecified atom stereocenters. The van der Waals surface area contributed by atoms with Crippen molar-refractivity contribution in [1.82, 2.24) is 0 Å². The number of Topliss-reactive ketones (excluding diaryl/α,β-unsaturated/α-hetero) is 1. The van der Waals surface area contributed by atoms with E-state index in [2.05, 4.69) is 19.9 Å². The zero-order valence-electron chi connectivity index (χ0n) is 51.0. The van der Waals surface area contributed by atoms with Gasteiger partial charge in [0, 0.05) is 12.8 Å². The van der Waals surface area contributed by atoms with Gasteiger partial charge in [0.25, 0.3) is 0 Å². The second-order valence-corrected chi connectivity index (χ2v) is 28.1. The number of allylic oxidation sites excluding steroid dienone is 2. The van der Waals surface area contributed by atoms with E-state index >= 15 is 0 Å². The molecular weight excluding hydrogens is 1190 g/mol. The van der Waals surface area contributed by atoms with Crippen LogP contribution in [0.4, 0.5) is 0 Å². The van der Waals surface area contributed by atoms with E-state index < -0.39 is 205 Å². The first kappa shape index (κ1) is 72.2. The first-order chi connectivity index (χ1) is 40.1. The molecule has 0 bridgehead atoms. The molecular formula is C57H93NaO28S. The third-order valence-corrected chi connectivity index (χ3v) is 21.1. The molecule has 0 aromatic carbocycles. The van der Waals surface area contributed by atoms with E-state index in [0.717, 1.165) is 12.0 Å². The maximum Gasteiger partial charge on any atom is 1.00 e. The number of aliphatic hydroxyl groups is 13.